The monoisotopic (exact) mass is 413 g/mol. The zero-order chi connectivity index (χ0) is 20.9. The Balaban J connectivity index is 1.43. The number of anilines is 1. The van der Waals surface area contributed by atoms with E-state index in [1.807, 2.05) is 37.2 Å². The Labute approximate surface area is 177 Å². The first-order valence-corrected chi connectivity index (χ1v) is 10.8. The molecule has 1 saturated heterocycles. The van der Waals surface area contributed by atoms with Crippen LogP contribution in [0.5, 0.6) is 5.88 Å². The standard InChI is InChI=1S/C22H31N5O3/c1-26(2)15-21(28)24-16-5-7-17(8-6-16)30-22-18-4-3-9-23-19(18)14-20(25-22)27-10-12-29-13-11-27/h3-4,9,14,16-17H,5-8,10-13,15H2,1-2H3,(H,24,28)/t16-,17+. The smallest absolute Gasteiger partial charge is 0.234 e. The van der Waals surface area contributed by atoms with Crippen molar-refractivity contribution in [3.63, 3.8) is 0 Å². The third-order valence-electron chi connectivity index (χ3n) is 5.66. The van der Waals surface area contributed by atoms with Gasteiger partial charge >= 0.3 is 0 Å². The van der Waals surface area contributed by atoms with Crippen molar-refractivity contribution in [2.45, 2.75) is 37.8 Å². The van der Waals surface area contributed by atoms with Crippen molar-refractivity contribution in [1.29, 1.82) is 0 Å². The van der Waals surface area contributed by atoms with Crippen molar-refractivity contribution in [2.24, 2.45) is 0 Å². The van der Waals surface area contributed by atoms with Gasteiger partial charge in [-0.2, -0.15) is 4.98 Å². The summed E-state index contributed by atoms with van der Waals surface area (Å²) in [5, 5.41) is 4.08. The van der Waals surface area contributed by atoms with Crippen molar-refractivity contribution in [3.8, 4) is 5.88 Å². The molecule has 4 rings (SSSR count). The normalized spacial score (nSPS) is 22.3. The fourth-order valence-corrected chi connectivity index (χ4v) is 4.12. The van der Waals surface area contributed by atoms with Gasteiger partial charge in [-0.1, -0.05) is 0 Å². The SMILES string of the molecule is CN(C)CC(=O)N[C@H]1CC[C@@H](Oc2nc(N3CCOCC3)cc3ncccc23)CC1. The van der Waals surface area contributed by atoms with Gasteiger partial charge in [0.25, 0.3) is 0 Å². The Kier molecular flexibility index (Phi) is 6.64. The molecule has 2 aliphatic rings. The number of ether oxygens (including phenoxy) is 2. The first kappa shape index (κ1) is 20.8. The molecule has 2 aromatic rings. The van der Waals surface area contributed by atoms with Gasteiger partial charge in [0.15, 0.2) is 0 Å². The molecule has 2 aromatic heterocycles. The number of rotatable bonds is 6. The van der Waals surface area contributed by atoms with Crippen molar-refractivity contribution in [2.75, 3.05) is 51.8 Å². The largest absolute Gasteiger partial charge is 0.474 e. The van der Waals surface area contributed by atoms with Crippen LogP contribution < -0.4 is 15.0 Å². The Bertz CT molecular complexity index is 861. The second kappa shape index (κ2) is 9.57. The van der Waals surface area contributed by atoms with Crippen LogP contribution in [0.3, 0.4) is 0 Å². The van der Waals surface area contributed by atoms with Crippen LogP contribution in [-0.4, -0.2) is 79.9 Å². The molecule has 1 N–H and O–H groups in total. The zero-order valence-electron chi connectivity index (χ0n) is 17.8. The fraction of sp³-hybridized carbons (Fsp3) is 0.591. The molecule has 1 amide bonds. The van der Waals surface area contributed by atoms with Crippen LogP contribution in [0.25, 0.3) is 10.9 Å². The zero-order valence-corrected chi connectivity index (χ0v) is 17.8. The molecular weight excluding hydrogens is 382 g/mol. The number of hydrogen-bond acceptors (Lipinski definition) is 7. The van der Waals surface area contributed by atoms with Gasteiger partial charge in [-0.15, -0.1) is 0 Å². The molecular formula is C22H31N5O3. The molecule has 8 heteroatoms. The lowest BCUT2D eigenvalue weighted by molar-refractivity contribution is -0.122. The second-order valence-electron chi connectivity index (χ2n) is 8.35. The molecule has 0 atom stereocenters. The molecule has 8 nitrogen and oxygen atoms in total. The van der Waals surface area contributed by atoms with Gasteiger partial charge in [0.05, 0.1) is 30.7 Å². The van der Waals surface area contributed by atoms with Gasteiger partial charge in [0.2, 0.25) is 11.8 Å². The maximum absolute atomic E-state index is 12.0. The van der Waals surface area contributed by atoms with Gasteiger partial charge in [0, 0.05) is 31.4 Å². The van der Waals surface area contributed by atoms with E-state index in [1.165, 1.54) is 0 Å². The first-order chi connectivity index (χ1) is 14.6. The van der Waals surface area contributed by atoms with E-state index < -0.39 is 0 Å². The molecule has 1 saturated carbocycles. The minimum atomic E-state index is 0.0846. The lowest BCUT2D eigenvalue weighted by atomic mass is 9.93. The highest BCUT2D eigenvalue weighted by molar-refractivity contribution is 5.85. The molecule has 162 valence electrons. The maximum Gasteiger partial charge on any atom is 0.234 e. The number of aromatic nitrogens is 2. The molecule has 2 fully saturated rings. The number of likely N-dealkylation sites (N-methyl/N-ethyl adjacent to an activating group) is 1. The third kappa shape index (κ3) is 5.17. The Morgan fingerprint density at radius 3 is 2.77 bits per heavy atom. The summed E-state index contributed by atoms with van der Waals surface area (Å²) in [6.45, 7) is 3.49. The molecule has 30 heavy (non-hydrogen) atoms. The number of morpholine rings is 1. The molecule has 0 unspecified atom stereocenters. The van der Waals surface area contributed by atoms with Crippen LogP contribution in [-0.2, 0) is 9.53 Å². The summed E-state index contributed by atoms with van der Waals surface area (Å²) in [6.07, 6.45) is 5.54. The van der Waals surface area contributed by atoms with Gasteiger partial charge in [-0.05, 0) is 51.9 Å². The molecule has 1 aliphatic carbocycles. The number of hydrogen-bond donors (Lipinski definition) is 1. The van der Waals surface area contributed by atoms with Gasteiger partial charge in [0.1, 0.15) is 11.9 Å². The molecule has 1 aliphatic heterocycles. The summed E-state index contributed by atoms with van der Waals surface area (Å²) in [6, 6.07) is 6.19. The number of pyridine rings is 2. The van der Waals surface area contributed by atoms with Gasteiger partial charge in [-0.25, -0.2) is 0 Å². The van der Waals surface area contributed by atoms with Gasteiger partial charge in [-0.3, -0.25) is 9.78 Å². The second-order valence-corrected chi connectivity index (χ2v) is 8.35. The lowest BCUT2D eigenvalue weighted by Crippen LogP contribution is -2.43. The number of nitrogens with zero attached hydrogens (tertiary/aromatic N) is 4. The number of amides is 1. The minimum Gasteiger partial charge on any atom is -0.474 e. The van der Waals surface area contributed by atoms with Crippen molar-refractivity contribution in [3.05, 3.63) is 24.4 Å². The van der Waals surface area contributed by atoms with E-state index in [2.05, 4.69) is 15.2 Å². The van der Waals surface area contributed by atoms with Crippen LogP contribution >= 0.6 is 0 Å². The van der Waals surface area contributed by atoms with Crippen LogP contribution in [0.2, 0.25) is 0 Å². The average molecular weight is 414 g/mol. The predicted octanol–water partition coefficient (Wildman–Crippen LogP) is 1.83. The van der Waals surface area contributed by atoms with Crippen molar-refractivity contribution >= 4 is 22.6 Å². The van der Waals surface area contributed by atoms with E-state index >= 15 is 0 Å². The summed E-state index contributed by atoms with van der Waals surface area (Å²) in [5.74, 6) is 1.63. The van der Waals surface area contributed by atoms with Crippen molar-refractivity contribution < 1.29 is 14.3 Å². The van der Waals surface area contributed by atoms with Crippen LogP contribution in [0, 0.1) is 0 Å². The lowest BCUT2D eigenvalue weighted by Gasteiger charge is -2.31. The molecule has 0 aromatic carbocycles. The number of nitrogens with one attached hydrogen (secondary N) is 1. The molecule has 0 spiro atoms. The van der Waals surface area contributed by atoms with E-state index in [1.54, 1.807) is 6.20 Å². The summed E-state index contributed by atoms with van der Waals surface area (Å²) in [4.78, 5) is 25.5. The first-order valence-electron chi connectivity index (χ1n) is 10.8. The van der Waals surface area contributed by atoms with E-state index in [4.69, 9.17) is 14.5 Å². The highest BCUT2D eigenvalue weighted by atomic mass is 16.5. The number of carbonyl (C=O) groups is 1. The quantitative estimate of drug-likeness (QED) is 0.774. The summed E-state index contributed by atoms with van der Waals surface area (Å²) >= 11 is 0. The fourth-order valence-electron chi connectivity index (χ4n) is 4.12. The predicted molar refractivity (Wildman–Crippen MR) is 116 cm³/mol. The van der Waals surface area contributed by atoms with E-state index in [0.29, 0.717) is 25.6 Å². The number of carbonyl (C=O) groups excluding carboxylic acids is 1. The Hall–Kier alpha value is -2.45. The maximum atomic E-state index is 12.0. The topological polar surface area (TPSA) is 79.8 Å². The Morgan fingerprint density at radius 2 is 2.03 bits per heavy atom. The summed E-state index contributed by atoms with van der Waals surface area (Å²) < 4.78 is 11.9. The van der Waals surface area contributed by atoms with E-state index in [-0.39, 0.29) is 18.1 Å². The Morgan fingerprint density at radius 1 is 1.27 bits per heavy atom. The summed E-state index contributed by atoms with van der Waals surface area (Å²) in [7, 11) is 3.81. The molecule has 3 heterocycles. The van der Waals surface area contributed by atoms with Gasteiger partial charge < -0.3 is 24.6 Å². The average Bonchev–Trinajstić information content (AvgIpc) is 2.75. The molecule has 0 radical (unpaired) electrons. The highest BCUT2D eigenvalue weighted by Crippen LogP contribution is 2.30. The third-order valence-corrected chi connectivity index (χ3v) is 5.66. The van der Waals surface area contributed by atoms with E-state index in [9.17, 15) is 4.79 Å². The van der Waals surface area contributed by atoms with Crippen LogP contribution in [0.1, 0.15) is 25.7 Å². The molecule has 0 bridgehead atoms. The highest BCUT2D eigenvalue weighted by Gasteiger charge is 2.25. The van der Waals surface area contributed by atoms with Crippen molar-refractivity contribution in [1.82, 2.24) is 20.2 Å². The van der Waals surface area contributed by atoms with E-state index in [0.717, 1.165) is 55.5 Å². The summed E-state index contributed by atoms with van der Waals surface area (Å²) in [5.41, 5.74) is 0.897. The van der Waals surface area contributed by atoms with Crippen LogP contribution in [0.4, 0.5) is 5.82 Å². The minimum absolute atomic E-state index is 0.0846. The number of fused-ring (bicyclic) bond motifs is 1. The van der Waals surface area contributed by atoms with Crippen LogP contribution in [0.15, 0.2) is 24.4 Å².